The number of aliphatic hydroxyl groups is 3. The van der Waals surface area contributed by atoms with E-state index in [4.69, 9.17) is 11.5 Å². The van der Waals surface area contributed by atoms with Crippen molar-refractivity contribution < 1.29 is 20.1 Å². The van der Waals surface area contributed by atoms with Crippen LogP contribution < -0.4 is 16.8 Å². The van der Waals surface area contributed by atoms with Crippen molar-refractivity contribution in [3.05, 3.63) is 5.21 Å². The molecule has 0 amide bonds. The van der Waals surface area contributed by atoms with Crippen LogP contribution in [0.25, 0.3) is 0 Å². The van der Waals surface area contributed by atoms with E-state index in [1.807, 2.05) is 0 Å². The zero-order valence-electron chi connectivity index (χ0n) is 10.0. The van der Waals surface area contributed by atoms with Gasteiger partial charge in [0, 0.05) is 6.42 Å². The summed E-state index contributed by atoms with van der Waals surface area (Å²) in [5.74, 6) is -2.38. The molecule has 0 aromatic carbocycles. The van der Waals surface area contributed by atoms with Crippen molar-refractivity contribution in [3.63, 3.8) is 0 Å². The summed E-state index contributed by atoms with van der Waals surface area (Å²) in [6, 6.07) is -1.96. The Bertz CT molecular complexity index is 491. The highest BCUT2D eigenvalue weighted by Gasteiger charge is 2.73. The minimum Gasteiger partial charge on any atom is -0.744 e. The monoisotopic (exact) mass is 272 g/mol. The highest BCUT2D eigenvalue weighted by Crippen LogP contribution is 2.43. The molecular formula is C9H16N6O4. The Morgan fingerprint density at radius 1 is 1.53 bits per heavy atom. The van der Waals surface area contributed by atoms with Crippen LogP contribution in [0.1, 0.15) is 6.42 Å². The number of guanidine groups is 2. The summed E-state index contributed by atoms with van der Waals surface area (Å²) in [6.45, 7) is -0.360. The molecule has 3 atom stereocenters. The minimum absolute atomic E-state index is 0.0218. The number of aliphatic imine (C=N–C) groups is 1. The normalized spacial score (nSPS) is 39.7. The molecule has 0 saturated carbocycles. The Morgan fingerprint density at radius 3 is 2.84 bits per heavy atom. The molecule has 3 heterocycles. The average Bonchev–Trinajstić information content (AvgIpc) is 2.80. The molecule has 2 unspecified atom stereocenters. The van der Waals surface area contributed by atoms with Gasteiger partial charge in [-0.3, -0.25) is 10.5 Å². The molecule has 1 fully saturated rings. The highest BCUT2D eigenvalue weighted by atomic mass is 16.5. The van der Waals surface area contributed by atoms with Crippen molar-refractivity contribution >= 4 is 11.9 Å². The maximum Gasteiger partial charge on any atom is 0.348 e. The molecule has 8 N–H and O–H groups in total. The van der Waals surface area contributed by atoms with Gasteiger partial charge in [-0.05, 0) is 0 Å². The van der Waals surface area contributed by atoms with Crippen molar-refractivity contribution in [3.8, 4) is 0 Å². The number of nitrogens with zero attached hydrogens (tertiary/aromatic N) is 3. The van der Waals surface area contributed by atoms with E-state index in [1.54, 1.807) is 0 Å². The third-order valence-corrected chi connectivity index (χ3v) is 4.10. The molecule has 10 heteroatoms. The van der Waals surface area contributed by atoms with E-state index in [0.29, 0.717) is 4.74 Å². The second-order valence-electron chi connectivity index (χ2n) is 5.00. The molecule has 1 saturated heterocycles. The lowest BCUT2D eigenvalue weighted by Crippen LogP contribution is -2.79. The topological polar surface area (TPSA) is 166 Å². The van der Waals surface area contributed by atoms with Crippen LogP contribution in [0.5, 0.6) is 0 Å². The van der Waals surface area contributed by atoms with Crippen molar-refractivity contribution in [2.24, 2.45) is 16.5 Å². The lowest BCUT2D eigenvalue weighted by Gasteiger charge is -2.47. The fraction of sp³-hybridized carbons (Fsp3) is 0.778. The van der Waals surface area contributed by atoms with Gasteiger partial charge in [0.2, 0.25) is 11.4 Å². The van der Waals surface area contributed by atoms with Gasteiger partial charge < -0.3 is 31.6 Å². The summed E-state index contributed by atoms with van der Waals surface area (Å²) in [6.07, 6.45) is -0.0218. The molecule has 0 radical (unpaired) electrons. The van der Waals surface area contributed by atoms with Crippen LogP contribution in [0.2, 0.25) is 0 Å². The van der Waals surface area contributed by atoms with Gasteiger partial charge >= 0.3 is 5.96 Å². The number of nitrogens with one attached hydrogen (secondary N) is 1. The van der Waals surface area contributed by atoms with Gasteiger partial charge in [-0.2, -0.15) is 0 Å². The quantitative estimate of drug-likeness (QED) is 0.158. The van der Waals surface area contributed by atoms with Crippen LogP contribution in [-0.2, 0) is 0 Å². The third-order valence-electron chi connectivity index (χ3n) is 4.10. The largest absolute Gasteiger partial charge is 0.744 e. The first-order valence-electron chi connectivity index (χ1n) is 5.88. The Morgan fingerprint density at radius 2 is 2.21 bits per heavy atom. The Balaban J connectivity index is 2.20. The van der Waals surface area contributed by atoms with Gasteiger partial charge in [-0.25, -0.2) is 9.89 Å². The van der Waals surface area contributed by atoms with Gasteiger partial charge in [-0.1, -0.05) is 0 Å². The van der Waals surface area contributed by atoms with Gasteiger partial charge in [0.05, 0.1) is 13.2 Å². The van der Waals surface area contributed by atoms with Crippen LogP contribution >= 0.6 is 0 Å². The molecule has 0 bridgehead atoms. The van der Waals surface area contributed by atoms with E-state index in [1.165, 1.54) is 4.90 Å². The first-order chi connectivity index (χ1) is 8.85. The van der Waals surface area contributed by atoms with Crippen molar-refractivity contribution in [1.82, 2.24) is 10.2 Å². The smallest absolute Gasteiger partial charge is 0.348 e. The zero-order valence-corrected chi connectivity index (χ0v) is 10.0. The van der Waals surface area contributed by atoms with Crippen LogP contribution in [0.15, 0.2) is 4.99 Å². The molecule has 3 aliphatic rings. The molecule has 0 aromatic rings. The summed E-state index contributed by atoms with van der Waals surface area (Å²) in [4.78, 5) is 5.38. The lowest BCUT2D eigenvalue weighted by atomic mass is 9.86. The molecule has 0 aromatic heterocycles. The second-order valence-corrected chi connectivity index (χ2v) is 5.00. The van der Waals surface area contributed by atoms with Crippen LogP contribution in [0.3, 0.4) is 0 Å². The van der Waals surface area contributed by atoms with E-state index >= 15 is 0 Å². The Kier molecular flexibility index (Phi) is 2.20. The highest BCUT2D eigenvalue weighted by molar-refractivity contribution is 5.85. The van der Waals surface area contributed by atoms with Crippen LogP contribution in [-0.4, -0.2) is 73.6 Å². The first kappa shape index (κ1) is 12.3. The van der Waals surface area contributed by atoms with Gasteiger partial charge in [-0.15, -0.1) is 0 Å². The van der Waals surface area contributed by atoms with E-state index < -0.39 is 30.1 Å². The van der Waals surface area contributed by atoms with Crippen LogP contribution in [0, 0.1) is 5.21 Å². The third kappa shape index (κ3) is 1.20. The Hall–Kier alpha value is -1.78. The van der Waals surface area contributed by atoms with Crippen molar-refractivity contribution in [1.29, 1.82) is 0 Å². The van der Waals surface area contributed by atoms with E-state index in [2.05, 4.69) is 10.3 Å². The average molecular weight is 272 g/mol. The predicted molar refractivity (Wildman–Crippen MR) is 63.5 cm³/mol. The molecule has 3 rings (SSSR count). The fourth-order valence-electron chi connectivity index (χ4n) is 3.21. The molecule has 19 heavy (non-hydrogen) atoms. The molecular weight excluding hydrogens is 256 g/mol. The number of hydrogen-bond donors (Lipinski definition) is 6. The van der Waals surface area contributed by atoms with E-state index in [-0.39, 0.29) is 24.9 Å². The standard InChI is InChI=1S/C9H16N6O4/c10-6-12-5-4(3-16)15(19)7(11)14-2-1-8(17,18)9(5,14)13-6/h4-5,16-18H,1-3,11H2,(H3,10,12,13)/t4?,5-,9?/m0/s1. The molecule has 106 valence electrons. The molecule has 10 nitrogen and oxygen atoms in total. The summed E-state index contributed by atoms with van der Waals surface area (Å²) in [5.41, 5.74) is 9.85. The Labute approximate surface area is 108 Å². The number of hydroxylamine groups is 1. The SMILES string of the molecule is NC1=N[C@H]2C(CO)[N+]([O-])=C(N)N3CCC(O)(O)C23N1. The lowest BCUT2D eigenvalue weighted by molar-refractivity contribution is -0.529. The van der Waals surface area contributed by atoms with Crippen LogP contribution in [0.4, 0.5) is 0 Å². The van der Waals surface area contributed by atoms with Crippen molar-refractivity contribution in [2.75, 3.05) is 13.2 Å². The van der Waals surface area contributed by atoms with E-state index in [9.17, 15) is 20.5 Å². The van der Waals surface area contributed by atoms with Crippen molar-refractivity contribution in [2.45, 2.75) is 30.0 Å². The zero-order chi connectivity index (χ0) is 14.0. The number of aliphatic hydroxyl groups excluding tert-OH is 1. The maximum absolute atomic E-state index is 12.0. The molecule has 0 aliphatic carbocycles. The second kappa shape index (κ2) is 3.40. The fourth-order valence-corrected chi connectivity index (χ4v) is 3.21. The molecule has 1 spiro atoms. The number of nitrogens with two attached hydrogens (primary N) is 2. The first-order valence-corrected chi connectivity index (χ1v) is 5.88. The summed E-state index contributed by atoms with van der Waals surface area (Å²) >= 11 is 0. The summed E-state index contributed by atoms with van der Waals surface area (Å²) in [5, 5.41) is 44.6. The van der Waals surface area contributed by atoms with E-state index in [0.717, 1.165) is 0 Å². The molecule has 3 aliphatic heterocycles. The summed E-state index contributed by atoms with van der Waals surface area (Å²) in [7, 11) is 0. The minimum atomic E-state index is -2.17. The van der Waals surface area contributed by atoms with Gasteiger partial charge in [0.25, 0.3) is 0 Å². The van der Waals surface area contributed by atoms with Gasteiger partial charge in [0.15, 0.2) is 12.0 Å². The maximum atomic E-state index is 12.0. The number of hydrogen-bond acceptors (Lipinski definition) is 9. The number of rotatable bonds is 1. The van der Waals surface area contributed by atoms with Gasteiger partial charge in [0.1, 0.15) is 6.04 Å². The predicted octanol–water partition coefficient (Wildman–Crippen LogP) is -4.44. The summed E-state index contributed by atoms with van der Waals surface area (Å²) < 4.78 is 0.439.